The fourth-order valence-electron chi connectivity index (χ4n) is 8.49. The molecule has 0 amide bonds. The van der Waals surface area contributed by atoms with Gasteiger partial charge in [-0.1, -0.05) is 201 Å². The van der Waals surface area contributed by atoms with Gasteiger partial charge in [-0.25, -0.2) is 15.0 Å². The summed E-state index contributed by atoms with van der Waals surface area (Å²) in [6, 6.07) is 64.2. The summed E-state index contributed by atoms with van der Waals surface area (Å²) in [5, 5.41) is 0.913. The maximum Gasteiger partial charge on any atom is 0.164 e. The molecule has 0 aliphatic heterocycles. The predicted octanol–water partition coefficient (Wildman–Crippen LogP) is 13.4. The van der Waals surface area contributed by atoms with Crippen molar-refractivity contribution in [1.29, 1.82) is 0 Å². The van der Waals surface area contributed by atoms with Gasteiger partial charge in [0.1, 0.15) is 7.14 Å². The van der Waals surface area contributed by atoms with Gasteiger partial charge in [-0.3, -0.25) is 0 Å². The van der Waals surface area contributed by atoms with Gasteiger partial charge >= 0.3 is 0 Å². The van der Waals surface area contributed by atoms with E-state index in [0.29, 0.717) is 17.5 Å². The van der Waals surface area contributed by atoms with Gasteiger partial charge in [0, 0.05) is 27.4 Å². The largest absolute Gasteiger partial charge is 0.319 e. The number of rotatable bonds is 9. The molecule has 0 bridgehead atoms. The van der Waals surface area contributed by atoms with Crippen LogP contribution in [0.2, 0.25) is 0 Å². The van der Waals surface area contributed by atoms with E-state index in [1.807, 2.05) is 49.7 Å². The Balaban J connectivity index is 1.04. The molecule has 8 aromatic rings. The summed E-state index contributed by atoms with van der Waals surface area (Å²) in [4.78, 5) is 15.1. The van der Waals surface area contributed by atoms with Crippen molar-refractivity contribution in [2.45, 2.75) is 37.5 Å². The van der Waals surface area contributed by atoms with E-state index in [0.717, 1.165) is 51.5 Å². The Morgan fingerprint density at radius 2 is 0.759 bits per heavy atom. The van der Waals surface area contributed by atoms with Crippen molar-refractivity contribution in [3.8, 4) is 67.5 Å². The Morgan fingerprint density at radius 3 is 1.26 bits per heavy atom. The second-order valence-corrected chi connectivity index (χ2v) is 19.1. The highest BCUT2D eigenvalue weighted by Gasteiger charge is 2.36. The third kappa shape index (κ3) is 7.73. The smallest absolute Gasteiger partial charge is 0.164 e. The Morgan fingerprint density at radius 1 is 0.379 bits per heavy atom. The van der Waals surface area contributed by atoms with Crippen molar-refractivity contribution >= 4 is 12.4 Å². The Hall–Kier alpha value is -6.22. The molecule has 1 aliphatic carbocycles. The van der Waals surface area contributed by atoms with Crippen molar-refractivity contribution in [3.05, 3.63) is 193 Å². The van der Waals surface area contributed by atoms with Gasteiger partial charge in [-0.05, 0) is 70.7 Å². The van der Waals surface area contributed by atoms with E-state index < -0.39 is 7.14 Å². The average Bonchev–Trinajstić information content (AvgIpc) is 3.30. The van der Waals surface area contributed by atoms with Crippen LogP contribution >= 0.6 is 7.14 Å². The number of aromatic nitrogens is 3. The molecule has 1 aromatic heterocycles. The fraction of sp³-hybridized carbons (Fsp3) is 0.151. The lowest BCUT2D eigenvalue weighted by Gasteiger charge is -2.39. The zero-order chi connectivity index (χ0) is 39.5. The van der Waals surface area contributed by atoms with E-state index in [4.69, 9.17) is 15.0 Å². The summed E-state index contributed by atoms with van der Waals surface area (Å²) in [7, 11) is -2.31. The van der Waals surface area contributed by atoms with Gasteiger partial charge in [-0.15, -0.1) is 0 Å². The van der Waals surface area contributed by atoms with Crippen LogP contribution in [0.25, 0.3) is 67.5 Å². The molecule has 0 unspecified atom stereocenters. The molecule has 7 aromatic carbocycles. The van der Waals surface area contributed by atoms with Gasteiger partial charge in [0.15, 0.2) is 17.5 Å². The molecule has 284 valence electrons. The lowest BCUT2D eigenvalue weighted by molar-refractivity contribution is 0.346. The minimum Gasteiger partial charge on any atom is -0.319 e. The monoisotopic (exact) mass is 771 g/mol. The first-order chi connectivity index (χ1) is 28.3. The summed E-state index contributed by atoms with van der Waals surface area (Å²) in [6.07, 6.45) is 5.85. The van der Waals surface area contributed by atoms with Gasteiger partial charge in [0.05, 0.1) is 0 Å². The van der Waals surface area contributed by atoms with Gasteiger partial charge < -0.3 is 4.57 Å². The van der Waals surface area contributed by atoms with Crippen molar-refractivity contribution in [2.24, 2.45) is 0 Å². The molecule has 1 heterocycles. The zero-order valence-electron chi connectivity index (χ0n) is 33.1. The molecule has 1 aliphatic rings. The molecule has 1 fully saturated rings. The highest BCUT2D eigenvalue weighted by atomic mass is 31.2. The third-order valence-corrected chi connectivity index (χ3v) is 13.3. The van der Waals surface area contributed by atoms with E-state index >= 15 is 0 Å². The number of hydrogen-bond acceptors (Lipinski definition) is 4. The first-order valence-electron chi connectivity index (χ1n) is 20.3. The number of nitrogens with zero attached hydrogens (tertiary/aromatic N) is 3. The summed E-state index contributed by atoms with van der Waals surface area (Å²) in [5.41, 5.74) is 12.5. The molecule has 1 saturated carbocycles. The third-order valence-electron chi connectivity index (χ3n) is 11.8. The van der Waals surface area contributed by atoms with E-state index in [1.165, 1.54) is 47.1 Å². The standard InChI is InChI=1S/C53H46N3OP/c1-58(2,57)49-33-29-42(30-34-49)46-17-12-18-48(37-46)53(35-10-5-11-36-53)47-31-27-45(28-32-47)52-55-50(43-15-8-4-9-16-43)54-51(56-52)44-25-23-41(24-26-44)40-21-19-39(20-22-40)38-13-6-3-7-14-38/h3-4,6-9,12-34,37H,5,10-11,35-36H2,1-2H3. The summed E-state index contributed by atoms with van der Waals surface area (Å²) < 4.78 is 12.7. The van der Waals surface area contributed by atoms with Crippen LogP contribution in [0.15, 0.2) is 182 Å². The van der Waals surface area contributed by atoms with E-state index in [1.54, 1.807) is 0 Å². The molecule has 58 heavy (non-hydrogen) atoms. The van der Waals surface area contributed by atoms with Crippen LogP contribution in [0.5, 0.6) is 0 Å². The Kier molecular flexibility index (Phi) is 10.3. The Labute approximate surface area is 342 Å². The molecule has 0 spiro atoms. The molecule has 9 rings (SSSR count). The van der Waals surface area contributed by atoms with Crippen molar-refractivity contribution in [2.75, 3.05) is 13.3 Å². The number of benzene rings is 7. The van der Waals surface area contributed by atoms with E-state index in [-0.39, 0.29) is 5.41 Å². The van der Waals surface area contributed by atoms with Crippen LogP contribution in [-0.2, 0) is 9.98 Å². The topological polar surface area (TPSA) is 55.7 Å². The normalized spacial score (nSPS) is 13.9. The molecule has 0 radical (unpaired) electrons. The minimum atomic E-state index is -2.31. The molecule has 0 atom stereocenters. The highest BCUT2D eigenvalue weighted by Crippen LogP contribution is 2.46. The lowest BCUT2D eigenvalue weighted by Crippen LogP contribution is -2.30. The van der Waals surface area contributed by atoms with Crippen LogP contribution in [0.3, 0.4) is 0 Å². The van der Waals surface area contributed by atoms with Gasteiger partial charge in [-0.2, -0.15) is 0 Å². The molecule has 5 heteroatoms. The fourth-order valence-corrected chi connectivity index (χ4v) is 9.36. The van der Waals surface area contributed by atoms with Gasteiger partial charge in [0.2, 0.25) is 0 Å². The quantitative estimate of drug-likeness (QED) is 0.137. The van der Waals surface area contributed by atoms with Gasteiger partial charge in [0.25, 0.3) is 0 Å². The highest BCUT2D eigenvalue weighted by molar-refractivity contribution is 7.70. The Bertz CT molecular complexity index is 2700. The van der Waals surface area contributed by atoms with Crippen LogP contribution in [0.4, 0.5) is 0 Å². The van der Waals surface area contributed by atoms with E-state index in [2.05, 4.69) is 146 Å². The SMILES string of the molecule is CP(C)(=O)c1ccc(-c2cccc(C3(c4ccc(-c5nc(-c6ccccc6)nc(-c6ccc(-c7ccc(-c8ccccc8)cc7)cc6)n5)cc4)CCCCC3)c2)cc1. The molecule has 4 nitrogen and oxygen atoms in total. The maximum absolute atomic E-state index is 12.7. The first-order valence-corrected chi connectivity index (χ1v) is 22.9. The van der Waals surface area contributed by atoms with Crippen LogP contribution < -0.4 is 5.30 Å². The molecule has 0 saturated heterocycles. The van der Waals surface area contributed by atoms with Crippen LogP contribution in [0, 0.1) is 0 Å². The molecular formula is C53H46N3OP. The first kappa shape index (κ1) is 37.4. The van der Waals surface area contributed by atoms with Crippen LogP contribution in [0.1, 0.15) is 43.2 Å². The molecular weight excluding hydrogens is 726 g/mol. The van der Waals surface area contributed by atoms with Crippen molar-refractivity contribution < 1.29 is 4.57 Å². The summed E-state index contributed by atoms with van der Waals surface area (Å²) >= 11 is 0. The minimum absolute atomic E-state index is 0.0850. The van der Waals surface area contributed by atoms with Crippen molar-refractivity contribution in [1.82, 2.24) is 15.0 Å². The second-order valence-electron chi connectivity index (χ2n) is 15.9. The summed E-state index contributed by atoms with van der Waals surface area (Å²) in [5.74, 6) is 1.95. The van der Waals surface area contributed by atoms with Crippen molar-refractivity contribution in [3.63, 3.8) is 0 Å². The zero-order valence-corrected chi connectivity index (χ0v) is 33.9. The average molecular weight is 772 g/mol. The second kappa shape index (κ2) is 16.0. The number of hydrogen-bond donors (Lipinski definition) is 0. The molecule has 0 N–H and O–H groups in total. The van der Waals surface area contributed by atoms with E-state index in [9.17, 15) is 4.57 Å². The van der Waals surface area contributed by atoms with Crippen LogP contribution in [-0.4, -0.2) is 28.3 Å². The maximum atomic E-state index is 12.7. The summed E-state index contributed by atoms with van der Waals surface area (Å²) in [6.45, 7) is 3.66. The predicted molar refractivity (Wildman–Crippen MR) is 242 cm³/mol. The lowest BCUT2D eigenvalue weighted by atomic mass is 9.65.